The van der Waals surface area contributed by atoms with Crippen molar-refractivity contribution in [3.8, 4) is 0 Å². The molecule has 0 aromatic heterocycles. The van der Waals surface area contributed by atoms with Crippen LogP contribution in [0.4, 0.5) is 0 Å². The first kappa shape index (κ1) is 12.9. The van der Waals surface area contributed by atoms with Gasteiger partial charge in [0, 0.05) is 32.2 Å². The van der Waals surface area contributed by atoms with E-state index in [0.717, 1.165) is 45.8 Å². The summed E-state index contributed by atoms with van der Waals surface area (Å²) in [6.07, 6.45) is 0.610. The van der Waals surface area contributed by atoms with Crippen molar-refractivity contribution in [2.45, 2.75) is 32.4 Å². The zero-order valence-corrected chi connectivity index (χ0v) is 9.91. The molecule has 0 aliphatic carbocycles. The minimum atomic E-state index is -0.212. The van der Waals surface area contributed by atoms with Gasteiger partial charge in [-0.15, -0.1) is 0 Å². The molecule has 90 valence electrons. The number of morpholine rings is 1. The molecule has 2 unspecified atom stereocenters. The normalized spacial score (nSPS) is 22.6. The van der Waals surface area contributed by atoms with Crippen molar-refractivity contribution in [2.24, 2.45) is 0 Å². The molecule has 1 fully saturated rings. The Bertz CT molecular complexity index is 159. The SMILES string of the molecule is CC(O)CC(C)NCCN1CCOCC1. The van der Waals surface area contributed by atoms with Crippen molar-refractivity contribution >= 4 is 0 Å². The summed E-state index contributed by atoms with van der Waals surface area (Å²) in [4.78, 5) is 2.41. The molecule has 2 N–H and O–H groups in total. The first-order valence-corrected chi connectivity index (χ1v) is 5.90. The van der Waals surface area contributed by atoms with E-state index in [-0.39, 0.29) is 6.10 Å². The number of aliphatic hydroxyl groups excluding tert-OH is 1. The van der Waals surface area contributed by atoms with Gasteiger partial charge in [-0.3, -0.25) is 4.90 Å². The van der Waals surface area contributed by atoms with E-state index in [1.54, 1.807) is 0 Å². The number of hydrogen-bond acceptors (Lipinski definition) is 4. The first-order valence-electron chi connectivity index (χ1n) is 5.90. The molecule has 0 radical (unpaired) electrons. The molecule has 2 atom stereocenters. The lowest BCUT2D eigenvalue weighted by atomic mass is 10.1. The third-order valence-electron chi connectivity index (χ3n) is 2.72. The van der Waals surface area contributed by atoms with Gasteiger partial charge in [0.25, 0.3) is 0 Å². The van der Waals surface area contributed by atoms with E-state index in [4.69, 9.17) is 4.74 Å². The molecular formula is C11H24N2O2. The van der Waals surface area contributed by atoms with Crippen LogP contribution in [0.15, 0.2) is 0 Å². The standard InChI is InChI=1S/C11H24N2O2/c1-10(9-11(2)14)12-3-4-13-5-7-15-8-6-13/h10-12,14H,3-9H2,1-2H3. The molecule has 0 aromatic carbocycles. The second kappa shape index (κ2) is 7.17. The Hall–Kier alpha value is -0.160. The van der Waals surface area contributed by atoms with E-state index >= 15 is 0 Å². The molecule has 1 aliphatic rings. The molecule has 0 aromatic rings. The average Bonchev–Trinajstić information content (AvgIpc) is 2.18. The summed E-state index contributed by atoms with van der Waals surface area (Å²) in [6, 6.07) is 0.394. The van der Waals surface area contributed by atoms with E-state index in [9.17, 15) is 5.11 Å². The highest BCUT2D eigenvalue weighted by molar-refractivity contribution is 4.67. The largest absolute Gasteiger partial charge is 0.393 e. The molecule has 0 saturated carbocycles. The fourth-order valence-corrected chi connectivity index (χ4v) is 1.89. The highest BCUT2D eigenvalue weighted by atomic mass is 16.5. The Morgan fingerprint density at radius 2 is 2.00 bits per heavy atom. The Kier molecular flexibility index (Phi) is 6.17. The van der Waals surface area contributed by atoms with E-state index in [2.05, 4.69) is 17.1 Å². The van der Waals surface area contributed by atoms with Gasteiger partial charge in [-0.1, -0.05) is 0 Å². The van der Waals surface area contributed by atoms with E-state index < -0.39 is 0 Å². The van der Waals surface area contributed by atoms with Gasteiger partial charge in [-0.05, 0) is 20.3 Å². The maximum atomic E-state index is 9.20. The molecule has 0 bridgehead atoms. The molecule has 1 heterocycles. The fourth-order valence-electron chi connectivity index (χ4n) is 1.89. The molecule has 1 saturated heterocycles. The predicted molar refractivity (Wildman–Crippen MR) is 61.0 cm³/mol. The third-order valence-corrected chi connectivity index (χ3v) is 2.72. The van der Waals surface area contributed by atoms with Crippen LogP contribution < -0.4 is 5.32 Å². The first-order chi connectivity index (χ1) is 7.18. The summed E-state index contributed by atoms with van der Waals surface area (Å²) in [7, 11) is 0. The van der Waals surface area contributed by atoms with Crippen LogP contribution in [0.5, 0.6) is 0 Å². The van der Waals surface area contributed by atoms with Gasteiger partial charge >= 0.3 is 0 Å². The summed E-state index contributed by atoms with van der Waals surface area (Å²) < 4.78 is 5.28. The topological polar surface area (TPSA) is 44.7 Å². The highest BCUT2D eigenvalue weighted by Gasteiger charge is 2.10. The van der Waals surface area contributed by atoms with E-state index in [1.165, 1.54) is 0 Å². The van der Waals surface area contributed by atoms with Gasteiger partial charge in [0.05, 0.1) is 19.3 Å². The number of ether oxygens (including phenoxy) is 1. The average molecular weight is 216 g/mol. The Morgan fingerprint density at radius 1 is 1.33 bits per heavy atom. The molecule has 1 rings (SSSR count). The van der Waals surface area contributed by atoms with Crippen molar-refractivity contribution in [3.63, 3.8) is 0 Å². The summed E-state index contributed by atoms with van der Waals surface area (Å²) in [5, 5.41) is 12.6. The molecule has 15 heavy (non-hydrogen) atoms. The number of rotatable bonds is 6. The minimum absolute atomic E-state index is 0.212. The van der Waals surface area contributed by atoms with Gasteiger partial charge in [0.1, 0.15) is 0 Å². The maximum Gasteiger partial charge on any atom is 0.0594 e. The van der Waals surface area contributed by atoms with Crippen LogP contribution in [0.1, 0.15) is 20.3 Å². The number of nitrogens with zero attached hydrogens (tertiary/aromatic N) is 1. The zero-order chi connectivity index (χ0) is 11.1. The molecule has 0 amide bonds. The third kappa shape index (κ3) is 6.10. The Morgan fingerprint density at radius 3 is 2.60 bits per heavy atom. The number of nitrogens with one attached hydrogen (secondary N) is 1. The zero-order valence-electron chi connectivity index (χ0n) is 9.91. The predicted octanol–water partition coefficient (Wildman–Crippen LogP) is 0.0676. The van der Waals surface area contributed by atoms with E-state index in [0.29, 0.717) is 6.04 Å². The van der Waals surface area contributed by atoms with Crippen LogP contribution in [-0.2, 0) is 4.74 Å². The van der Waals surface area contributed by atoms with Crippen molar-refractivity contribution in [1.29, 1.82) is 0 Å². The van der Waals surface area contributed by atoms with Gasteiger partial charge < -0.3 is 15.2 Å². The molecule has 1 aliphatic heterocycles. The van der Waals surface area contributed by atoms with E-state index in [1.807, 2.05) is 6.92 Å². The van der Waals surface area contributed by atoms with Crippen LogP contribution in [-0.4, -0.2) is 61.5 Å². The Balaban J connectivity index is 1.99. The number of aliphatic hydroxyl groups is 1. The molecular weight excluding hydrogens is 192 g/mol. The van der Waals surface area contributed by atoms with Crippen LogP contribution in [0.3, 0.4) is 0 Å². The van der Waals surface area contributed by atoms with Gasteiger partial charge in [0.2, 0.25) is 0 Å². The monoisotopic (exact) mass is 216 g/mol. The van der Waals surface area contributed by atoms with Gasteiger partial charge in [-0.2, -0.15) is 0 Å². The van der Waals surface area contributed by atoms with Crippen LogP contribution in [0.2, 0.25) is 0 Å². The smallest absolute Gasteiger partial charge is 0.0594 e. The van der Waals surface area contributed by atoms with Crippen molar-refractivity contribution in [1.82, 2.24) is 10.2 Å². The molecule has 4 heteroatoms. The second-order valence-corrected chi connectivity index (χ2v) is 4.39. The molecule has 0 spiro atoms. The lowest BCUT2D eigenvalue weighted by molar-refractivity contribution is 0.0380. The van der Waals surface area contributed by atoms with Crippen LogP contribution in [0.25, 0.3) is 0 Å². The summed E-state index contributed by atoms with van der Waals surface area (Å²) >= 11 is 0. The van der Waals surface area contributed by atoms with Crippen molar-refractivity contribution < 1.29 is 9.84 Å². The lowest BCUT2D eigenvalue weighted by Crippen LogP contribution is -2.42. The summed E-state index contributed by atoms with van der Waals surface area (Å²) in [5.41, 5.74) is 0. The van der Waals surface area contributed by atoms with Crippen molar-refractivity contribution in [2.75, 3.05) is 39.4 Å². The van der Waals surface area contributed by atoms with Gasteiger partial charge in [-0.25, -0.2) is 0 Å². The minimum Gasteiger partial charge on any atom is -0.393 e. The number of hydrogen-bond donors (Lipinski definition) is 2. The highest BCUT2D eigenvalue weighted by Crippen LogP contribution is 1.98. The van der Waals surface area contributed by atoms with Crippen LogP contribution in [0, 0.1) is 0 Å². The summed E-state index contributed by atoms with van der Waals surface area (Å²) in [5.74, 6) is 0. The molecule has 4 nitrogen and oxygen atoms in total. The van der Waals surface area contributed by atoms with Crippen molar-refractivity contribution in [3.05, 3.63) is 0 Å². The van der Waals surface area contributed by atoms with Crippen LogP contribution >= 0.6 is 0 Å². The fraction of sp³-hybridized carbons (Fsp3) is 1.00. The lowest BCUT2D eigenvalue weighted by Gasteiger charge is -2.27. The summed E-state index contributed by atoms with van der Waals surface area (Å²) in [6.45, 7) is 9.85. The maximum absolute atomic E-state index is 9.20. The Labute approximate surface area is 92.6 Å². The second-order valence-electron chi connectivity index (χ2n) is 4.39. The quantitative estimate of drug-likeness (QED) is 0.659. The van der Waals surface area contributed by atoms with Gasteiger partial charge in [0.15, 0.2) is 0 Å².